The van der Waals surface area contributed by atoms with Crippen molar-refractivity contribution in [2.24, 2.45) is 7.05 Å². The molecule has 0 fully saturated rings. The predicted octanol–water partition coefficient (Wildman–Crippen LogP) is 2.87. The zero-order valence-electron chi connectivity index (χ0n) is 14.1. The Labute approximate surface area is 148 Å². The van der Waals surface area contributed by atoms with E-state index >= 15 is 0 Å². The largest absolute Gasteiger partial charge is 0.372 e. The summed E-state index contributed by atoms with van der Waals surface area (Å²) in [5, 5.41) is 24.6. The molecule has 0 aliphatic carbocycles. The number of aromatic nitrogens is 5. The van der Waals surface area contributed by atoms with Crippen LogP contribution in [0.5, 0.6) is 0 Å². The molecule has 0 spiro atoms. The van der Waals surface area contributed by atoms with E-state index in [2.05, 4.69) is 20.7 Å². The van der Waals surface area contributed by atoms with Crippen LogP contribution in [0.2, 0.25) is 0 Å². The number of anilines is 1. The maximum atomic E-state index is 14.1. The third kappa shape index (κ3) is 2.46. The molecule has 4 aromatic rings. The van der Waals surface area contributed by atoms with Gasteiger partial charge in [0.05, 0.1) is 22.5 Å². The number of benzene rings is 2. The molecule has 26 heavy (non-hydrogen) atoms. The molecule has 2 aromatic heterocycles. The molecule has 0 saturated heterocycles. The fraction of sp³-hybridized carbons (Fsp3) is 0.111. The summed E-state index contributed by atoms with van der Waals surface area (Å²) in [5.74, 6) is 0.0807. The van der Waals surface area contributed by atoms with Crippen LogP contribution in [0.4, 0.5) is 10.2 Å². The molecule has 0 aliphatic rings. The zero-order chi connectivity index (χ0) is 18.3. The topological polar surface area (TPSA) is 84.4 Å². The van der Waals surface area contributed by atoms with Crippen molar-refractivity contribution in [2.45, 2.75) is 0 Å². The van der Waals surface area contributed by atoms with E-state index < -0.39 is 5.82 Å². The molecule has 7 nitrogen and oxygen atoms in total. The van der Waals surface area contributed by atoms with Crippen molar-refractivity contribution in [1.29, 1.82) is 5.26 Å². The molecule has 0 atom stereocenters. The van der Waals surface area contributed by atoms with E-state index in [1.54, 1.807) is 22.5 Å². The lowest BCUT2D eigenvalue weighted by Crippen LogP contribution is -2.00. The molecule has 2 aromatic carbocycles. The zero-order valence-corrected chi connectivity index (χ0v) is 14.1. The second-order valence-corrected chi connectivity index (χ2v) is 5.77. The summed E-state index contributed by atoms with van der Waals surface area (Å²) in [6.45, 7) is 0. The summed E-state index contributed by atoms with van der Waals surface area (Å²) in [5.41, 5.74) is 3.74. The lowest BCUT2D eigenvalue weighted by Gasteiger charge is -2.08. The summed E-state index contributed by atoms with van der Waals surface area (Å²) in [6, 6.07) is 13.9. The SMILES string of the molecule is CNc1cc(-c2ccc(C#N)c(F)c2)n(-c2ccc3c(c2)nnn3C)n1. The number of fused-ring (bicyclic) bond motifs is 1. The smallest absolute Gasteiger partial charge is 0.148 e. The van der Waals surface area contributed by atoms with Crippen molar-refractivity contribution in [1.82, 2.24) is 24.8 Å². The van der Waals surface area contributed by atoms with Crippen LogP contribution in [0, 0.1) is 17.1 Å². The van der Waals surface area contributed by atoms with Gasteiger partial charge in [0.15, 0.2) is 0 Å². The van der Waals surface area contributed by atoms with E-state index in [4.69, 9.17) is 5.26 Å². The van der Waals surface area contributed by atoms with Gasteiger partial charge in [-0.15, -0.1) is 10.2 Å². The fourth-order valence-electron chi connectivity index (χ4n) is 2.83. The maximum Gasteiger partial charge on any atom is 0.148 e. The molecule has 0 bridgehead atoms. The average molecular weight is 347 g/mol. The maximum absolute atomic E-state index is 14.1. The average Bonchev–Trinajstić information content (AvgIpc) is 3.25. The highest BCUT2D eigenvalue weighted by molar-refractivity contribution is 5.77. The van der Waals surface area contributed by atoms with Gasteiger partial charge < -0.3 is 5.32 Å². The first-order valence-electron chi connectivity index (χ1n) is 7.88. The third-order valence-corrected chi connectivity index (χ3v) is 4.19. The van der Waals surface area contributed by atoms with Crippen LogP contribution in [0.1, 0.15) is 5.56 Å². The molecule has 1 N–H and O–H groups in total. The Morgan fingerprint density at radius 3 is 2.73 bits per heavy atom. The van der Waals surface area contributed by atoms with Gasteiger partial charge in [-0.2, -0.15) is 5.26 Å². The highest BCUT2D eigenvalue weighted by atomic mass is 19.1. The van der Waals surface area contributed by atoms with Crippen molar-refractivity contribution in [3.63, 3.8) is 0 Å². The number of nitrogens with zero attached hydrogens (tertiary/aromatic N) is 6. The van der Waals surface area contributed by atoms with E-state index in [-0.39, 0.29) is 5.56 Å². The van der Waals surface area contributed by atoms with Crippen LogP contribution in [-0.4, -0.2) is 31.8 Å². The standard InChI is InChI=1S/C18H14FN7/c1-21-18-9-17(11-3-4-12(10-20)14(19)7-11)26(23-18)13-5-6-16-15(8-13)22-24-25(16)2/h3-9H,1-2H3,(H,21,23). The van der Waals surface area contributed by atoms with Crippen molar-refractivity contribution in [3.05, 3.63) is 53.8 Å². The van der Waals surface area contributed by atoms with Crippen molar-refractivity contribution >= 4 is 16.9 Å². The lowest BCUT2D eigenvalue weighted by molar-refractivity contribution is 0.624. The molecule has 128 valence electrons. The Balaban J connectivity index is 1.89. The van der Waals surface area contributed by atoms with Gasteiger partial charge in [-0.3, -0.25) is 0 Å². The van der Waals surface area contributed by atoms with Gasteiger partial charge in [0, 0.05) is 25.7 Å². The van der Waals surface area contributed by atoms with E-state index in [1.807, 2.05) is 37.4 Å². The molecule has 0 amide bonds. The highest BCUT2D eigenvalue weighted by Crippen LogP contribution is 2.28. The number of nitrogens with one attached hydrogen (secondary N) is 1. The minimum Gasteiger partial charge on any atom is -0.372 e. The Morgan fingerprint density at radius 2 is 2.00 bits per heavy atom. The number of aryl methyl sites for hydroxylation is 1. The van der Waals surface area contributed by atoms with Crippen LogP contribution >= 0.6 is 0 Å². The molecule has 0 unspecified atom stereocenters. The van der Waals surface area contributed by atoms with Gasteiger partial charge in [-0.05, 0) is 30.3 Å². The van der Waals surface area contributed by atoms with E-state index in [0.29, 0.717) is 17.1 Å². The number of nitriles is 1. The van der Waals surface area contributed by atoms with Crippen molar-refractivity contribution in [3.8, 4) is 23.0 Å². The summed E-state index contributed by atoms with van der Waals surface area (Å²) < 4.78 is 17.5. The Bertz CT molecular complexity index is 1170. The first kappa shape index (κ1) is 15.8. The Hall–Kier alpha value is -3.73. The minimum absolute atomic E-state index is 0.00892. The quantitative estimate of drug-likeness (QED) is 0.616. The van der Waals surface area contributed by atoms with Gasteiger partial charge in [-0.1, -0.05) is 11.3 Å². The predicted molar refractivity (Wildman–Crippen MR) is 95.3 cm³/mol. The molecule has 0 radical (unpaired) electrons. The van der Waals surface area contributed by atoms with Crippen molar-refractivity contribution < 1.29 is 4.39 Å². The van der Waals surface area contributed by atoms with Crippen LogP contribution in [0.3, 0.4) is 0 Å². The van der Waals surface area contributed by atoms with E-state index in [9.17, 15) is 4.39 Å². The third-order valence-electron chi connectivity index (χ3n) is 4.19. The van der Waals surface area contributed by atoms with Gasteiger partial charge in [0.2, 0.25) is 0 Å². The van der Waals surface area contributed by atoms with Crippen LogP contribution in [-0.2, 0) is 7.05 Å². The van der Waals surface area contributed by atoms with E-state index in [1.165, 1.54) is 12.1 Å². The fourth-order valence-corrected chi connectivity index (χ4v) is 2.83. The Morgan fingerprint density at radius 1 is 1.15 bits per heavy atom. The van der Waals surface area contributed by atoms with Crippen LogP contribution < -0.4 is 5.32 Å². The molecular formula is C18H14FN7. The first-order chi connectivity index (χ1) is 12.6. The summed E-state index contributed by atoms with van der Waals surface area (Å²) in [6.07, 6.45) is 0. The molecule has 0 aliphatic heterocycles. The summed E-state index contributed by atoms with van der Waals surface area (Å²) in [4.78, 5) is 0. The highest BCUT2D eigenvalue weighted by Gasteiger charge is 2.14. The second kappa shape index (κ2) is 5.97. The summed E-state index contributed by atoms with van der Waals surface area (Å²) in [7, 11) is 3.59. The molecule has 0 saturated carbocycles. The van der Waals surface area contributed by atoms with Gasteiger partial charge in [0.25, 0.3) is 0 Å². The van der Waals surface area contributed by atoms with Gasteiger partial charge >= 0.3 is 0 Å². The molecule has 2 heterocycles. The lowest BCUT2D eigenvalue weighted by atomic mass is 10.1. The number of hydrogen-bond acceptors (Lipinski definition) is 5. The van der Waals surface area contributed by atoms with Crippen LogP contribution in [0.25, 0.3) is 28.0 Å². The van der Waals surface area contributed by atoms with Crippen LogP contribution in [0.15, 0.2) is 42.5 Å². The molecule has 8 heteroatoms. The number of rotatable bonds is 3. The Kier molecular flexibility index (Phi) is 3.62. The number of hydrogen-bond donors (Lipinski definition) is 1. The van der Waals surface area contributed by atoms with Gasteiger partial charge in [-0.25, -0.2) is 13.8 Å². The van der Waals surface area contributed by atoms with Crippen molar-refractivity contribution in [2.75, 3.05) is 12.4 Å². The van der Waals surface area contributed by atoms with Gasteiger partial charge in [0.1, 0.15) is 23.2 Å². The molecular weight excluding hydrogens is 333 g/mol. The monoisotopic (exact) mass is 347 g/mol. The minimum atomic E-state index is -0.562. The summed E-state index contributed by atoms with van der Waals surface area (Å²) >= 11 is 0. The molecule has 4 rings (SSSR count). The normalized spacial score (nSPS) is 10.8. The first-order valence-corrected chi connectivity index (χ1v) is 7.88. The number of halogens is 1. The van der Waals surface area contributed by atoms with E-state index in [0.717, 1.165) is 16.7 Å². The second-order valence-electron chi connectivity index (χ2n) is 5.77.